The molecular formula is C14H20F2S. The molecule has 1 aromatic carbocycles. The Labute approximate surface area is 107 Å². The minimum atomic E-state index is -2.61. The smallest absolute Gasteiger partial charge is 0.206 e. The van der Waals surface area contributed by atoms with Crippen molar-refractivity contribution in [2.24, 2.45) is 0 Å². The van der Waals surface area contributed by atoms with E-state index in [-0.39, 0.29) is 5.75 Å². The topological polar surface area (TPSA) is 0 Å². The van der Waals surface area contributed by atoms with Crippen molar-refractivity contribution in [2.45, 2.75) is 51.4 Å². The second-order valence-corrected chi connectivity index (χ2v) is 6.01. The molecule has 0 radical (unpaired) electrons. The maximum Gasteiger partial charge on any atom is 0.254 e. The maximum absolute atomic E-state index is 12.9. The lowest BCUT2D eigenvalue weighted by molar-refractivity contribution is 0.0492. The number of thioether (sulfide) groups is 1. The molecule has 0 unspecified atom stereocenters. The summed E-state index contributed by atoms with van der Waals surface area (Å²) in [6, 6.07) is 4.15. The highest BCUT2D eigenvalue weighted by Crippen LogP contribution is 2.32. The van der Waals surface area contributed by atoms with Gasteiger partial charge in [-0.25, -0.2) is 8.78 Å². The number of alkyl halides is 2. The minimum Gasteiger partial charge on any atom is -0.206 e. The molecule has 0 aliphatic heterocycles. The molecule has 0 saturated carbocycles. The van der Waals surface area contributed by atoms with Crippen LogP contribution in [0.3, 0.4) is 0 Å². The predicted octanol–water partition coefficient (Wildman–Crippen LogP) is 5.17. The van der Waals surface area contributed by atoms with Crippen LogP contribution in [0.1, 0.15) is 43.4 Å². The van der Waals surface area contributed by atoms with E-state index >= 15 is 0 Å². The Morgan fingerprint density at radius 2 is 1.76 bits per heavy atom. The SMILES string of the molecule is Cc1cc(C)c(C(C)C)cc1SCC(C)(F)F. The lowest BCUT2D eigenvalue weighted by Crippen LogP contribution is -2.13. The van der Waals surface area contributed by atoms with Crippen molar-refractivity contribution in [2.75, 3.05) is 5.75 Å². The van der Waals surface area contributed by atoms with Gasteiger partial charge < -0.3 is 0 Å². The fourth-order valence-electron chi connectivity index (χ4n) is 1.83. The van der Waals surface area contributed by atoms with Gasteiger partial charge in [0.25, 0.3) is 5.92 Å². The van der Waals surface area contributed by atoms with Crippen LogP contribution in [0.4, 0.5) is 8.78 Å². The van der Waals surface area contributed by atoms with Crippen molar-refractivity contribution < 1.29 is 8.78 Å². The molecule has 96 valence electrons. The molecule has 0 bridgehead atoms. The summed E-state index contributed by atoms with van der Waals surface area (Å²) in [5.74, 6) is -2.34. The van der Waals surface area contributed by atoms with E-state index in [1.54, 1.807) is 0 Å². The summed E-state index contributed by atoms with van der Waals surface area (Å²) in [5, 5.41) is 0. The minimum absolute atomic E-state index is 0.158. The highest BCUT2D eigenvalue weighted by atomic mass is 32.2. The number of halogens is 2. The van der Waals surface area contributed by atoms with E-state index in [9.17, 15) is 8.78 Å². The monoisotopic (exact) mass is 258 g/mol. The summed E-state index contributed by atoms with van der Waals surface area (Å²) in [5.41, 5.74) is 3.57. The number of aryl methyl sites for hydroxylation is 2. The summed E-state index contributed by atoms with van der Waals surface area (Å²) < 4.78 is 25.7. The Morgan fingerprint density at radius 1 is 1.18 bits per heavy atom. The molecule has 0 aromatic heterocycles. The normalized spacial score (nSPS) is 12.2. The average molecular weight is 258 g/mol. The van der Waals surface area contributed by atoms with Crippen LogP contribution in [-0.2, 0) is 0 Å². The van der Waals surface area contributed by atoms with Gasteiger partial charge >= 0.3 is 0 Å². The van der Waals surface area contributed by atoms with Crippen LogP contribution in [0.5, 0.6) is 0 Å². The molecule has 0 aliphatic carbocycles. The Hall–Kier alpha value is -0.570. The van der Waals surface area contributed by atoms with Gasteiger partial charge in [-0.05, 0) is 42.5 Å². The molecule has 0 aliphatic rings. The molecule has 0 atom stereocenters. The first kappa shape index (κ1) is 14.5. The molecule has 17 heavy (non-hydrogen) atoms. The number of hydrogen-bond acceptors (Lipinski definition) is 1. The quantitative estimate of drug-likeness (QED) is 0.671. The van der Waals surface area contributed by atoms with Crippen LogP contribution in [-0.4, -0.2) is 11.7 Å². The van der Waals surface area contributed by atoms with E-state index in [0.29, 0.717) is 5.92 Å². The molecule has 0 nitrogen and oxygen atoms in total. The van der Waals surface area contributed by atoms with Gasteiger partial charge in [0.15, 0.2) is 0 Å². The van der Waals surface area contributed by atoms with Crippen LogP contribution in [0.25, 0.3) is 0 Å². The van der Waals surface area contributed by atoms with Crippen molar-refractivity contribution in [3.8, 4) is 0 Å². The standard InChI is InChI=1S/C14H20F2S/c1-9(2)12-7-13(11(4)6-10(12)3)17-8-14(5,15)16/h6-7,9H,8H2,1-5H3. The van der Waals surface area contributed by atoms with Crippen LogP contribution >= 0.6 is 11.8 Å². The number of hydrogen-bond donors (Lipinski definition) is 0. The second kappa shape index (κ2) is 5.38. The van der Waals surface area contributed by atoms with Crippen molar-refractivity contribution in [3.05, 3.63) is 28.8 Å². The Morgan fingerprint density at radius 3 is 2.24 bits per heavy atom. The van der Waals surface area contributed by atoms with Gasteiger partial charge in [0.1, 0.15) is 0 Å². The van der Waals surface area contributed by atoms with Crippen molar-refractivity contribution >= 4 is 11.8 Å². The van der Waals surface area contributed by atoms with E-state index in [1.807, 2.05) is 6.92 Å². The van der Waals surface area contributed by atoms with Crippen LogP contribution < -0.4 is 0 Å². The van der Waals surface area contributed by atoms with Gasteiger partial charge in [0.05, 0.1) is 5.75 Å². The molecule has 0 saturated heterocycles. The van der Waals surface area contributed by atoms with Crippen LogP contribution in [0, 0.1) is 13.8 Å². The van der Waals surface area contributed by atoms with Crippen molar-refractivity contribution in [1.29, 1.82) is 0 Å². The van der Waals surface area contributed by atoms with Gasteiger partial charge in [0.2, 0.25) is 0 Å². The van der Waals surface area contributed by atoms with E-state index in [4.69, 9.17) is 0 Å². The Balaban J connectivity index is 2.96. The molecule has 0 amide bonds. The third kappa shape index (κ3) is 4.30. The second-order valence-electron chi connectivity index (χ2n) is 4.99. The van der Waals surface area contributed by atoms with E-state index in [0.717, 1.165) is 17.4 Å². The zero-order valence-electron chi connectivity index (χ0n) is 11.1. The average Bonchev–Trinajstić information content (AvgIpc) is 2.14. The Bertz CT molecular complexity index is 392. The van der Waals surface area contributed by atoms with Crippen LogP contribution in [0.15, 0.2) is 17.0 Å². The zero-order valence-corrected chi connectivity index (χ0v) is 11.9. The molecule has 0 N–H and O–H groups in total. The van der Waals surface area contributed by atoms with Gasteiger partial charge in [-0.3, -0.25) is 0 Å². The van der Waals surface area contributed by atoms with Gasteiger partial charge in [-0.15, -0.1) is 11.8 Å². The summed E-state index contributed by atoms with van der Waals surface area (Å²) in [6.07, 6.45) is 0. The first-order valence-corrected chi connectivity index (χ1v) is 6.81. The summed E-state index contributed by atoms with van der Waals surface area (Å²) >= 11 is 1.24. The third-order valence-electron chi connectivity index (χ3n) is 2.67. The molecule has 0 spiro atoms. The lowest BCUT2D eigenvalue weighted by atomic mass is 9.96. The highest BCUT2D eigenvalue weighted by Gasteiger charge is 2.21. The highest BCUT2D eigenvalue weighted by molar-refractivity contribution is 7.99. The van der Waals surface area contributed by atoms with Crippen LogP contribution in [0.2, 0.25) is 0 Å². The maximum atomic E-state index is 12.9. The van der Waals surface area contributed by atoms with Gasteiger partial charge in [-0.1, -0.05) is 19.9 Å². The molecular weight excluding hydrogens is 238 g/mol. The third-order valence-corrected chi connectivity index (χ3v) is 4.07. The van der Waals surface area contributed by atoms with E-state index < -0.39 is 5.92 Å². The van der Waals surface area contributed by atoms with Crippen molar-refractivity contribution in [1.82, 2.24) is 0 Å². The van der Waals surface area contributed by atoms with Gasteiger partial charge in [-0.2, -0.15) is 0 Å². The molecule has 0 fully saturated rings. The summed E-state index contributed by atoms with van der Waals surface area (Å²) in [7, 11) is 0. The van der Waals surface area contributed by atoms with E-state index in [1.165, 1.54) is 22.9 Å². The van der Waals surface area contributed by atoms with Gasteiger partial charge in [0, 0.05) is 11.8 Å². The zero-order chi connectivity index (χ0) is 13.2. The first-order chi connectivity index (χ1) is 7.70. The molecule has 1 rings (SSSR count). The molecule has 3 heteroatoms. The summed E-state index contributed by atoms with van der Waals surface area (Å²) in [4.78, 5) is 0.973. The fraction of sp³-hybridized carbons (Fsp3) is 0.571. The molecule has 1 aromatic rings. The number of benzene rings is 1. The summed E-state index contributed by atoms with van der Waals surface area (Å²) in [6.45, 7) is 9.27. The van der Waals surface area contributed by atoms with Crippen molar-refractivity contribution in [3.63, 3.8) is 0 Å². The predicted molar refractivity (Wildman–Crippen MR) is 71.4 cm³/mol. The fourth-order valence-corrected chi connectivity index (χ4v) is 2.74. The Kier molecular flexibility index (Phi) is 4.59. The largest absolute Gasteiger partial charge is 0.254 e. The number of rotatable bonds is 4. The first-order valence-electron chi connectivity index (χ1n) is 5.82. The lowest BCUT2D eigenvalue weighted by Gasteiger charge is -2.16. The van der Waals surface area contributed by atoms with E-state index in [2.05, 4.69) is 32.9 Å². The molecule has 0 heterocycles.